The Balaban J connectivity index is 1.89. The van der Waals surface area contributed by atoms with E-state index in [4.69, 9.17) is 11.6 Å². The molecular weight excluding hydrogens is 266 g/mol. The standard InChI is InChI=1S/C13H16ClN3S/c1-8-3-2-4-9(7-8)15-12-10(14)5-6-11-13(12)17-18-16-11/h5-6,8-9,15H,2-4,7H2,1H3. The van der Waals surface area contributed by atoms with Crippen LogP contribution in [0.2, 0.25) is 5.02 Å². The van der Waals surface area contributed by atoms with Crippen LogP contribution in [0.15, 0.2) is 12.1 Å². The van der Waals surface area contributed by atoms with Gasteiger partial charge in [-0.2, -0.15) is 8.75 Å². The van der Waals surface area contributed by atoms with E-state index >= 15 is 0 Å². The lowest BCUT2D eigenvalue weighted by atomic mass is 9.87. The highest BCUT2D eigenvalue weighted by atomic mass is 35.5. The molecule has 0 amide bonds. The lowest BCUT2D eigenvalue weighted by Gasteiger charge is -2.28. The van der Waals surface area contributed by atoms with Crippen molar-refractivity contribution in [2.75, 3.05) is 5.32 Å². The Hall–Kier alpha value is -0.870. The predicted octanol–water partition coefficient (Wildman–Crippen LogP) is 4.34. The second-order valence-corrected chi connectivity index (χ2v) is 6.10. The van der Waals surface area contributed by atoms with Crippen molar-refractivity contribution in [3.8, 4) is 0 Å². The first-order chi connectivity index (χ1) is 8.74. The SMILES string of the molecule is CC1CCCC(Nc2c(Cl)ccc3nsnc23)C1. The molecule has 18 heavy (non-hydrogen) atoms. The van der Waals surface area contributed by atoms with Gasteiger partial charge in [-0.05, 0) is 30.9 Å². The monoisotopic (exact) mass is 281 g/mol. The highest BCUT2D eigenvalue weighted by Crippen LogP contribution is 2.33. The van der Waals surface area contributed by atoms with Crippen molar-refractivity contribution in [2.24, 2.45) is 5.92 Å². The Morgan fingerprint density at radius 2 is 2.22 bits per heavy atom. The topological polar surface area (TPSA) is 37.8 Å². The van der Waals surface area contributed by atoms with Gasteiger partial charge in [0.2, 0.25) is 0 Å². The maximum Gasteiger partial charge on any atom is 0.129 e. The number of nitrogens with zero attached hydrogens (tertiary/aromatic N) is 2. The Bertz CT molecular complexity index is 554. The zero-order chi connectivity index (χ0) is 12.5. The summed E-state index contributed by atoms with van der Waals surface area (Å²) in [4.78, 5) is 0. The van der Waals surface area contributed by atoms with Gasteiger partial charge >= 0.3 is 0 Å². The minimum absolute atomic E-state index is 0.513. The number of benzene rings is 1. The fraction of sp³-hybridized carbons (Fsp3) is 0.538. The first-order valence-electron chi connectivity index (χ1n) is 6.41. The van der Waals surface area contributed by atoms with Crippen molar-refractivity contribution in [1.29, 1.82) is 0 Å². The molecule has 0 radical (unpaired) electrons. The molecule has 1 aromatic carbocycles. The van der Waals surface area contributed by atoms with Crippen molar-refractivity contribution in [1.82, 2.24) is 8.75 Å². The Morgan fingerprint density at radius 3 is 3.06 bits per heavy atom. The molecule has 3 rings (SSSR count). The summed E-state index contributed by atoms with van der Waals surface area (Å²) >= 11 is 7.53. The van der Waals surface area contributed by atoms with Crippen LogP contribution in [-0.2, 0) is 0 Å². The van der Waals surface area contributed by atoms with Gasteiger partial charge in [-0.15, -0.1) is 0 Å². The van der Waals surface area contributed by atoms with E-state index in [9.17, 15) is 0 Å². The smallest absolute Gasteiger partial charge is 0.129 e. The Labute approximate surface area is 116 Å². The fourth-order valence-electron chi connectivity index (χ4n) is 2.73. The van der Waals surface area contributed by atoms with Gasteiger partial charge in [0.25, 0.3) is 0 Å². The van der Waals surface area contributed by atoms with Gasteiger partial charge in [-0.3, -0.25) is 0 Å². The third-order valence-corrected chi connectivity index (χ3v) is 4.52. The molecule has 1 aliphatic rings. The first-order valence-corrected chi connectivity index (χ1v) is 7.52. The summed E-state index contributed by atoms with van der Waals surface area (Å²) in [5, 5.41) is 4.32. The molecule has 5 heteroatoms. The van der Waals surface area contributed by atoms with Gasteiger partial charge in [0.05, 0.1) is 22.4 Å². The number of rotatable bonds is 2. The number of hydrogen-bond donors (Lipinski definition) is 1. The second-order valence-electron chi connectivity index (χ2n) is 5.17. The normalized spacial score (nSPS) is 24.3. The molecule has 2 atom stereocenters. The Kier molecular flexibility index (Phi) is 3.39. The van der Waals surface area contributed by atoms with Gasteiger partial charge in [-0.25, -0.2) is 0 Å². The molecule has 1 aliphatic carbocycles. The maximum atomic E-state index is 6.29. The van der Waals surface area contributed by atoms with Crippen molar-refractivity contribution in [2.45, 2.75) is 38.6 Å². The average Bonchev–Trinajstić information content (AvgIpc) is 2.81. The molecule has 1 saturated carbocycles. The summed E-state index contributed by atoms with van der Waals surface area (Å²) in [6.45, 7) is 2.32. The molecule has 0 spiro atoms. The maximum absolute atomic E-state index is 6.29. The van der Waals surface area contributed by atoms with Gasteiger partial charge in [0.15, 0.2) is 0 Å². The molecule has 0 aliphatic heterocycles. The molecule has 2 aromatic rings. The van der Waals surface area contributed by atoms with Crippen LogP contribution in [0.25, 0.3) is 11.0 Å². The molecule has 0 bridgehead atoms. The summed E-state index contributed by atoms with van der Waals surface area (Å²) in [6, 6.07) is 4.34. The third-order valence-electron chi connectivity index (χ3n) is 3.66. The Morgan fingerprint density at radius 1 is 1.33 bits per heavy atom. The molecular formula is C13H16ClN3S. The molecule has 3 nitrogen and oxygen atoms in total. The van der Waals surface area contributed by atoms with Crippen LogP contribution in [0.3, 0.4) is 0 Å². The number of aromatic nitrogens is 2. The lowest BCUT2D eigenvalue weighted by molar-refractivity contribution is 0.359. The van der Waals surface area contributed by atoms with Crippen LogP contribution in [0.4, 0.5) is 5.69 Å². The third kappa shape index (κ3) is 2.31. The van der Waals surface area contributed by atoms with E-state index in [1.54, 1.807) is 0 Å². The van der Waals surface area contributed by atoms with E-state index in [0.717, 1.165) is 27.7 Å². The molecule has 96 valence electrons. The van der Waals surface area contributed by atoms with Crippen LogP contribution in [-0.4, -0.2) is 14.8 Å². The van der Waals surface area contributed by atoms with Crippen molar-refractivity contribution in [3.63, 3.8) is 0 Å². The molecule has 1 heterocycles. The largest absolute Gasteiger partial charge is 0.379 e. The average molecular weight is 282 g/mol. The summed E-state index contributed by atoms with van der Waals surface area (Å²) in [5.41, 5.74) is 2.79. The second kappa shape index (κ2) is 5.02. The molecule has 1 fully saturated rings. The molecule has 0 saturated heterocycles. The number of fused-ring (bicyclic) bond motifs is 1. The van der Waals surface area contributed by atoms with E-state index < -0.39 is 0 Å². The lowest BCUT2D eigenvalue weighted by Crippen LogP contribution is -2.26. The zero-order valence-electron chi connectivity index (χ0n) is 10.3. The van der Waals surface area contributed by atoms with Gasteiger partial charge in [-0.1, -0.05) is 31.4 Å². The minimum atomic E-state index is 0.513. The van der Waals surface area contributed by atoms with Crippen LogP contribution >= 0.6 is 23.3 Å². The van der Waals surface area contributed by atoms with Gasteiger partial charge in [0, 0.05) is 6.04 Å². The van der Waals surface area contributed by atoms with Crippen molar-refractivity contribution >= 4 is 40.0 Å². The van der Waals surface area contributed by atoms with E-state index in [-0.39, 0.29) is 0 Å². The first kappa shape index (κ1) is 12.2. The molecule has 1 aromatic heterocycles. The van der Waals surface area contributed by atoms with Gasteiger partial charge < -0.3 is 5.32 Å². The summed E-state index contributed by atoms with van der Waals surface area (Å²) < 4.78 is 8.61. The quantitative estimate of drug-likeness (QED) is 0.890. The van der Waals surface area contributed by atoms with Crippen molar-refractivity contribution in [3.05, 3.63) is 17.2 Å². The molecule has 2 unspecified atom stereocenters. The van der Waals surface area contributed by atoms with Crippen LogP contribution < -0.4 is 5.32 Å². The minimum Gasteiger partial charge on any atom is -0.379 e. The highest BCUT2D eigenvalue weighted by molar-refractivity contribution is 7.00. The van der Waals surface area contributed by atoms with Gasteiger partial charge in [0.1, 0.15) is 11.0 Å². The fourth-order valence-corrected chi connectivity index (χ4v) is 3.48. The zero-order valence-corrected chi connectivity index (χ0v) is 11.9. The number of nitrogens with one attached hydrogen (secondary N) is 1. The van der Waals surface area contributed by atoms with E-state index in [1.807, 2.05) is 12.1 Å². The summed E-state index contributed by atoms with van der Waals surface area (Å²) in [6.07, 6.45) is 5.06. The summed E-state index contributed by atoms with van der Waals surface area (Å²) in [5.74, 6) is 0.794. The number of halogens is 1. The van der Waals surface area contributed by atoms with Crippen LogP contribution in [0.5, 0.6) is 0 Å². The number of hydrogen-bond acceptors (Lipinski definition) is 4. The predicted molar refractivity (Wildman–Crippen MR) is 77.5 cm³/mol. The summed E-state index contributed by atoms with van der Waals surface area (Å²) in [7, 11) is 0. The highest BCUT2D eigenvalue weighted by Gasteiger charge is 2.20. The molecule has 1 N–H and O–H groups in total. The van der Waals surface area contributed by atoms with E-state index in [2.05, 4.69) is 21.0 Å². The van der Waals surface area contributed by atoms with Crippen molar-refractivity contribution < 1.29 is 0 Å². The number of anilines is 1. The van der Waals surface area contributed by atoms with Crippen LogP contribution in [0, 0.1) is 5.92 Å². The van der Waals surface area contributed by atoms with E-state index in [1.165, 1.54) is 37.4 Å². The van der Waals surface area contributed by atoms with Crippen LogP contribution in [0.1, 0.15) is 32.6 Å². The van der Waals surface area contributed by atoms with E-state index in [0.29, 0.717) is 6.04 Å².